The molecule has 0 aliphatic carbocycles. The Hall–Kier alpha value is -3.66. The molecule has 206 valence electrons. The van der Waals surface area contributed by atoms with Gasteiger partial charge in [-0.1, -0.05) is 12.1 Å². The minimum absolute atomic E-state index is 0.109. The van der Waals surface area contributed by atoms with Gasteiger partial charge in [0.25, 0.3) is 0 Å². The number of carbonyl (C=O) groups is 1. The second kappa shape index (κ2) is 10.6. The molecule has 1 amide bonds. The topological polar surface area (TPSA) is 86.0 Å². The third-order valence-corrected chi connectivity index (χ3v) is 5.79. The molecule has 0 spiro atoms. The molecular weight excluding hydrogens is 520 g/mol. The largest absolute Gasteiger partial charge is 0.491 e. The number of amides is 1. The Labute approximate surface area is 214 Å². The lowest BCUT2D eigenvalue weighted by Gasteiger charge is -2.33. The summed E-state index contributed by atoms with van der Waals surface area (Å²) in [7, 11) is 0. The van der Waals surface area contributed by atoms with Gasteiger partial charge >= 0.3 is 18.4 Å². The van der Waals surface area contributed by atoms with Crippen LogP contribution in [0.3, 0.4) is 0 Å². The van der Waals surface area contributed by atoms with Crippen molar-refractivity contribution in [2.75, 3.05) is 18.1 Å². The van der Waals surface area contributed by atoms with Gasteiger partial charge < -0.3 is 19.5 Å². The highest BCUT2D eigenvalue weighted by Gasteiger charge is 2.51. The lowest BCUT2D eigenvalue weighted by molar-refractivity contribution is -0.215. The summed E-state index contributed by atoms with van der Waals surface area (Å²) < 4.78 is 91.7. The zero-order valence-electron chi connectivity index (χ0n) is 20.6. The highest BCUT2D eigenvalue weighted by atomic mass is 19.4. The highest BCUT2D eigenvalue weighted by Crippen LogP contribution is 2.39. The molecule has 2 atom stereocenters. The molecule has 2 aromatic rings. The number of hydrogen-bond donors (Lipinski definition) is 1. The zero-order chi connectivity index (χ0) is 28.5. The number of rotatable bonds is 6. The van der Waals surface area contributed by atoms with Crippen molar-refractivity contribution in [2.24, 2.45) is 0 Å². The fraction of sp³-hybridized carbons (Fsp3) is 0.440. The molecule has 0 aromatic heterocycles. The van der Waals surface area contributed by atoms with Crippen LogP contribution in [0.15, 0.2) is 42.5 Å². The van der Waals surface area contributed by atoms with E-state index in [1.54, 1.807) is 32.9 Å². The van der Waals surface area contributed by atoms with Crippen LogP contribution in [0.2, 0.25) is 0 Å². The summed E-state index contributed by atoms with van der Waals surface area (Å²) in [5.74, 6) is 0.287. The maximum Gasteiger partial charge on any atom is 0.433 e. The van der Waals surface area contributed by atoms with E-state index in [1.807, 2.05) is 0 Å². The van der Waals surface area contributed by atoms with Crippen LogP contribution in [0.25, 0.3) is 0 Å². The van der Waals surface area contributed by atoms with E-state index in [9.17, 15) is 36.2 Å². The predicted molar refractivity (Wildman–Crippen MR) is 123 cm³/mol. The van der Waals surface area contributed by atoms with Crippen molar-refractivity contribution in [1.82, 2.24) is 4.90 Å². The molecule has 13 heteroatoms. The first-order chi connectivity index (χ1) is 17.5. The first-order valence-electron chi connectivity index (χ1n) is 11.3. The normalized spacial score (nSPS) is 18.3. The van der Waals surface area contributed by atoms with Gasteiger partial charge in [0.05, 0.1) is 23.7 Å². The van der Waals surface area contributed by atoms with E-state index in [-0.39, 0.29) is 18.9 Å². The summed E-state index contributed by atoms with van der Waals surface area (Å²) in [5.41, 5.74) is -2.42. The van der Waals surface area contributed by atoms with Crippen molar-refractivity contribution in [2.45, 2.75) is 57.5 Å². The average molecular weight is 545 g/mol. The smallest absolute Gasteiger partial charge is 0.433 e. The molecule has 0 bridgehead atoms. The average Bonchev–Trinajstić information content (AvgIpc) is 3.25. The number of ether oxygens (including phenoxy) is 2. The monoisotopic (exact) mass is 545 g/mol. The quantitative estimate of drug-likeness (QED) is 0.447. The molecule has 1 N–H and O–H groups in total. The second-order valence-electron chi connectivity index (χ2n) is 9.64. The van der Waals surface area contributed by atoms with Gasteiger partial charge in [0.2, 0.25) is 6.23 Å². The van der Waals surface area contributed by atoms with Crippen LogP contribution in [-0.2, 0) is 17.5 Å². The van der Waals surface area contributed by atoms with Crippen molar-refractivity contribution < 1.29 is 45.7 Å². The first-order valence-corrected chi connectivity index (χ1v) is 11.3. The minimum atomic E-state index is -4.93. The van der Waals surface area contributed by atoms with Crippen LogP contribution in [-0.4, -0.2) is 53.3 Å². The fourth-order valence-corrected chi connectivity index (χ4v) is 3.90. The Kier molecular flexibility index (Phi) is 8.07. The summed E-state index contributed by atoms with van der Waals surface area (Å²) in [6, 6.07) is 10.0. The summed E-state index contributed by atoms with van der Waals surface area (Å²) in [6.45, 7) is 4.62. The molecule has 7 nitrogen and oxygen atoms in total. The number of hydrogen-bond acceptors (Lipinski definition) is 5. The first kappa shape index (κ1) is 28.9. The summed E-state index contributed by atoms with van der Waals surface area (Å²) in [6.07, 6.45) is -14.6. The van der Waals surface area contributed by atoms with Gasteiger partial charge in [-0.2, -0.15) is 31.6 Å². The predicted octanol–water partition coefficient (Wildman–Crippen LogP) is 6.03. The molecule has 0 unspecified atom stereocenters. The van der Waals surface area contributed by atoms with Crippen molar-refractivity contribution >= 4 is 11.8 Å². The SMILES string of the molecule is CC(C)(C)N(Cc1ccc(OC[C@@H]2CN(c3ccc(C#N)c(C(F)(F)F)c3)[C@@H](C(F)(F)F)O2)cc1)C(=O)O. The van der Waals surface area contributed by atoms with E-state index < -0.39 is 59.7 Å². The highest BCUT2D eigenvalue weighted by molar-refractivity contribution is 5.66. The lowest BCUT2D eigenvalue weighted by atomic mass is 10.1. The van der Waals surface area contributed by atoms with Gasteiger partial charge in [0.1, 0.15) is 18.5 Å². The summed E-state index contributed by atoms with van der Waals surface area (Å²) in [4.78, 5) is 13.4. The molecule has 1 aliphatic heterocycles. The number of nitrogens with zero attached hydrogens (tertiary/aromatic N) is 3. The molecule has 1 heterocycles. The van der Waals surface area contributed by atoms with Crippen molar-refractivity contribution in [3.05, 3.63) is 59.2 Å². The van der Waals surface area contributed by atoms with Crippen LogP contribution in [0.5, 0.6) is 5.75 Å². The van der Waals surface area contributed by atoms with E-state index in [4.69, 9.17) is 14.7 Å². The molecule has 0 radical (unpaired) electrons. The lowest BCUT2D eigenvalue weighted by Crippen LogP contribution is -2.44. The molecule has 3 rings (SSSR count). The van der Waals surface area contributed by atoms with Crippen LogP contribution in [0.4, 0.5) is 36.8 Å². The van der Waals surface area contributed by atoms with Gasteiger partial charge in [-0.25, -0.2) is 4.79 Å². The second-order valence-corrected chi connectivity index (χ2v) is 9.64. The minimum Gasteiger partial charge on any atom is -0.491 e. The van der Waals surface area contributed by atoms with Gasteiger partial charge in [0, 0.05) is 17.8 Å². The van der Waals surface area contributed by atoms with E-state index in [1.165, 1.54) is 23.1 Å². The van der Waals surface area contributed by atoms with E-state index in [0.29, 0.717) is 16.5 Å². The molecular formula is C25H25F6N3O4. The van der Waals surface area contributed by atoms with Gasteiger partial charge in [-0.05, 0) is 56.7 Å². The van der Waals surface area contributed by atoms with Crippen LogP contribution >= 0.6 is 0 Å². The third kappa shape index (κ3) is 6.80. The molecule has 1 saturated heterocycles. The Morgan fingerprint density at radius 3 is 2.26 bits per heavy atom. The summed E-state index contributed by atoms with van der Waals surface area (Å²) in [5, 5.41) is 18.4. The molecule has 0 saturated carbocycles. The molecule has 38 heavy (non-hydrogen) atoms. The van der Waals surface area contributed by atoms with Gasteiger partial charge in [0.15, 0.2) is 0 Å². The van der Waals surface area contributed by atoms with Gasteiger partial charge in [-0.3, -0.25) is 4.90 Å². The number of carboxylic acid groups (broad SMARTS) is 1. The molecule has 2 aromatic carbocycles. The van der Waals surface area contributed by atoms with Crippen LogP contribution in [0, 0.1) is 11.3 Å². The van der Waals surface area contributed by atoms with Crippen LogP contribution in [0.1, 0.15) is 37.5 Å². The number of halogens is 6. The van der Waals surface area contributed by atoms with Crippen molar-refractivity contribution in [3.8, 4) is 11.8 Å². The Morgan fingerprint density at radius 1 is 1.13 bits per heavy atom. The Bertz CT molecular complexity index is 1190. The van der Waals surface area contributed by atoms with Crippen molar-refractivity contribution in [3.63, 3.8) is 0 Å². The summed E-state index contributed by atoms with van der Waals surface area (Å²) >= 11 is 0. The van der Waals surface area contributed by atoms with E-state index >= 15 is 0 Å². The standard InChI is InChI=1S/C25H25F6N3O4/c1-23(2,3)34(22(35)36)12-15-4-8-18(9-5-15)37-14-19-13-33(21(38-19)25(29,30)31)17-7-6-16(11-32)20(10-17)24(26,27)28/h4-10,19,21H,12-14H2,1-3H3,(H,35,36)/t19-,21+/m0/s1. The maximum atomic E-state index is 13.7. The number of nitriles is 1. The van der Waals surface area contributed by atoms with Crippen LogP contribution < -0.4 is 9.64 Å². The molecule has 1 fully saturated rings. The Morgan fingerprint density at radius 2 is 1.76 bits per heavy atom. The third-order valence-electron chi connectivity index (χ3n) is 5.79. The fourth-order valence-electron chi connectivity index (χ4n) is 3.90. The van der Waals surface area contributed by atoms with Gasteiger partial charge in [-0.15, -0.1) is 0 Å². The Balaban J connectivity index is 1.72. The number of benzene rings is 2. The number of alkyl halides is 6. The van der Waals surface area contributed by atoms with E-state index in [0.717, 1.165) is 12.1 Å². The maximum absolute atomic E-state index is 13.7. The van der Waals surface area contributed by atoms with E-state index in [2.05, 4.69) is 0 Å². The zero-order valence-corrected chi connectivity index (χ0v) is 20.6. The molecule has 1 aliphatic rings. The number of anilines is 1. The van der Waals surface area contributed by atoms with Crippen molar-refractivity contribution in [1.29, 1.82) is 5.26 Å².